The summed E-state index contributed by atoms with van der Waals surface area (Å²) in [5, 5.41) is 2.99. The van der Waals surface area contributed by atoms with Gasteiger partial charge in [-0.2, -0.15) is 4.98 Å². The maximum Gasteiger partial charge on any atom is 0.229 e. The molecular formula is C27H19F4N5O3. The second-order valence-corrected chi connectivity index (χ2v) is 8.30. The first-order valence-corrected chi connectivity index (χ1v) is 11.4. The standard InChI is InChI=1S/C27H19F4N5O3/c1-4-15(37)9-13-5-6-17(28)21(29)24(13)34-27-33-12-14-10-16(26-32-7-8-36(26)25(14)35-27)20-22(30)18(38-2)11-19(39-3)23(20)31/h4-8,10-12H,1,9H2,2-3H3,(H,33,34,35). The number of nitrogens with zero attached hydrogens (tertiary/aromatic N) is 4. The Kier molecular flexibility index (Phi) is 6.60. The van der Waals surface area contributed by atoms with Gasteiger partial charge in [-0.1, -0.05) is 12.6 Å². The maximum atomic E-state index is 15.3. The lowest BCUT2D eigenvalue weighted by atomic mass is 10.0. The van der Waals surface area contributed by atoms with E-state index in [0.29, 0.717) is 5.39 Å². The summed E-state index contributed by atoms with van der Waals surface area (Å²) in [4.78, 5) is 24.7. The lowest BCUT2D eigenvalue weighted by Crippen LogP contribution is -2.08. The summed E-state index contributed by atoms with van der Waals surface area (Å²) in [7, 11) is 2.49. The van der Waals surface area contributed by atoms with Crippen LogP contribution in [0, 0.1) is 23.3 Å². The molecule has 0 unspecified atom stereocenters. The van der Waals surface area contributed by atoms with E-state index in [1.807, 2.05) is 0 Å². The van der Waals surface area contributed by atoms with Crippen LogP contribution in [-0.4, -0.2) is 39.4 Å². The number of benzene rings is 2. The summed E-state index contributed by atoms with van der Waals surface area (Å²) in [6, 6.07) is 4.73. The number of halogens is 4. The number of imidazole rings is 1. The van der Waals surface area contributed by atoms with Crippen LogP contribution in [0.25, 0.3) is 27.8 Å². The van der Waals surface area contributed by atoms with E-state index in [-0.39, 0.29) is 52.0 Å². The molecule has 12 heteroatoms. The maximum absolute atomic E-state index is 15.3. The highest BCUT2D eigenvalue weighted by atomic mass is 19.2. The van der Waals surface area contributed by atoms with Gasteiger partial charge >= 0.3 is 0 Å². The third-order valence-corrected chi connectivity index (χ3v) is 6.06. The Bertz CT molecular complexity index is 1760. The third-order valence-electron chi connectivity index (χ3n) is 6.06. The summed E-state index contributed by atoms with van der Waals surface area (Å²) in [6.45, 7) is 3.40. The van der Waals surface area contributed by atoms with Crippen molar-refractivity contribution in [1.82, 2.24) is 19.4 Å². The minimum Gasteiger partial charge on any atom is -0.494 e. The average molecular weight is 537 g/mol. The Balaban J connectivity index is 1.67. The minimum atomic E-state index is -1.21. The van der Waals surface area contributed by atoms with E-state index in [9.17, 15) is 13.6 Å². The molecule has 0 saturated carbocycles. The van der Waals surface area contributed by atoms with E-state index < -0.39 is 34.6 Å². The van der Waals surface area contributed by atoms with Crippen LogP contribution in [0.15, 0.2) is 55.5 Å². The number of hydrogen-bond acceptors (Lipinski definition) is 7. The van der Waals surface area contributed by atoms with Crippen molar-refractivity contribution in [2.24, 2.45) is 0 Å². The number of fused-ring (bicyclic) bond motifs is 3. The number of rotatable bonds is 8. The molecule has 5 aromatic rings. The lowest BCUT2D eigenvalue weighted by molar-refractivity contribution is -0.114. The Morgan fingerprint density at radius 1 is 1.03 bits per heavy atom. The van der Waals surface area contributed by atoms with Gasteiger partial charge < -0.3 is 14.8 Å². The molecule has 0 radical (unpaired) electrons. The predicted molar refractivity (Wildman–Crippen MR) is 135 cm³/mol. The number of anilines is 2. The molecule has 198 valence electrons. The molecule has 0 amide bonds. The van der Waals surface area contributed by atoms with E-state index in [1.54, 1.807) is 0 Å². The van der Waals surface area contributed by atoms with Crippen LogP contribution in [0.1, 0.15) is 5.56 Å². The summed E-state index contributed by atoms with van der Waals surface area (Å²) < 4.78 is 70.9. The molecule has 5 rings (SSSR count). The molecule has 0 bridgehead atoms. The number of ketones is 1. The fraction of sp³-hybridized carbons (Fsp3) is 0.111. The van der Waals surface area contributed by atoms with Gasteiger partial charge in [0, 0.05) is 42.0 Å². The molecule has 8 nitrogen and oxygen atoms in total. The Labute approximate surface area is 218 Å². The molecule has 1 N–H and O–H groups in total. The molecule has 0 fully saturated rings. The Morgan fingerprint density at radius 3 is 2.41 bits per heavy atom. The number of hydrogen-bond donors (Lipinski definition) is 1. The minimum absolute atomic E-state index is 0.0745. The number of ether oxygens (including phenoxy) is 2. The molecule has 0 saturated heterocycles. The summed E-state index contributed by atoms with van der Waals surface area (Å²) in [5.74, 6) is -5.24. The van der Waals surface area contributed by atoms with Crippen molar-refractivity contribution in [3.8, 4) is 22.6 Å². The highest BCUT2D eigenvalue weighted by Gasteiger charge is 2.25. The van der Waals surface area contributed by atoms with Crippen LogP contribution in [0.3, 0.4) is 0 Å². The number of pyridine rings is 1. The van der Waals surface area contributed by atoms with Gasteiger partial charge in [-0.15, -0.1) is 0 Å². The van der Waals surface area contributed by atoms with E-state index in [2.05, 4.69) is 26.8 Å². The number of carbonyl (C=O) groups is 1. The summed E-state index contributed by atoms with van der Waals surface area (Å²) in [6.07, 6.45) is 5.11. The van der Waals surface area contributed by atoms with Crippen molar-refractivity contribution in [2.75, 3.05) is 19.5 Å². The van der Waals surface area contributed by atoms with Gasteiger partial charge in [0.05, 0.1) is 25.5 Å². The highest BCUT2D eigenvalue weighted by Crippen LogP contribution is 2.40. The molecular weight excluding hydrogens is 518 g/mol. The van der Waals surface area contributed by atoms with E-state index in [0.717, 1.165) is 18.2 Å². The van der Waals surface area contributed by atoms with Crippen LogP contribution in [0.5, 0.6) is 11.5 Å². The second kappa shape index (κ2) is 10.0. The first-order chi connectivity index (χ1) is 18.8. The van der Waals surface area contributed by atoms with Crippen LogP contribution >= 0.6 is 0 Å². The number of nitrogens with one attached hydrogen (secondary N) is 1. The highest BCUT2D eigenvalue weighted by molar-refractivity contribution is 5.93. The molecule has 3 aromatic heterocycles. The first-order valence-electron chi connectivity index (χ1n) is 11.4. The van der Waals surface area contributed by atoms with Crippen molar-refractivity contribution < 1.29 is 31.8 Å². The molecule has 2 aromatic carbocycles. The largest absolute Gasteiger partial charge is 0.494 e. The second-order valence-electron chi connectivity index (χ2n) is 8.30. The quantitative estimate of drug-likeness (QED) is 0.205. The Hall–Kier alpha value is -5.00. The summed E-state index contributed by atoms with van der Waals surface area (Å²) >= 11 is 0. The fourth-order valence-corrected chi connectivity index (χ4v) is 4.18. The van der Waals surface area contributed by atoms with Crippen LogP contribution in [0.4, 0.5) is 29.2 Å². The SMILES string of the molecule is C=CC(=O)Cc1ccc(F)c(F)c1Nc1ncc2cc(-c3c(F)c(OC)cc(OC)c3F)c3nccn3c2n1. The normalized spacial score (nSPS) is 11.1. The molecule has 39 heavy (non-hydrogen) atoms. The molecule has 0 aliphatic carbocycles. The molecule has 0 atom stereocenters. The van der Waals surface area contributed by atoms with Crippen molar-refractivity contribution in [1.29, 1.82) is 0 Å². The van der Waals surface area contributed by atoms with Gasteiger partial charge in [0.25, 0.3) is 0 Å². The molecule has 0 aliphatic heterocycles. The topological polar surface area (TPSA) is 90.6 Å². The number of carbonyl (C=O) groups excluding carboxylic acids is 1. The Morgan fingerprint density at radius 2 is 1.74 bits per heavy atom. The van der Waals surface area contributed by atoms with Gasteiger partial charge in [0.2, 0.25) is 5.95 Å². The molecule has 3 heterocycles. The number of allylic oxidation sites excluding steroid dienone is 1. The predicted octanol–water partition coefficient (Wildman–Crippen LogP) is 5.56. The zero-order valence-electron chi connectivity index (χ0n) is 20.6. The number of aromatic nitrogens is 4. The van der Waals surface area contributed by atoms with Crippen LogP contribution in [0.2, 0.25) is 0 Å². The van der Waals surface area contributed by atoms with Gasteiger partial charge in [0.15, 0.2) is 46.2 Å². The van der Waals surface area contributed by atoms with Crippen molar-refractivity contribution >= 4 is 34.1 Å². The van der Waals surface area contributed by atoms with Crippen molar-refractivity contribution in [3.05, 3.63) is 84.3 Å². The molecule has 0 spiro atoms. The average Bonchev–Trinajstić information content (AvgIpc) is 3.43. The third kappa shape index (κ3) is 4.39. The van der Waals surface area contributed by atoms with Gasteiger partial charge in [-0.3, -0.25) is 9.20 Å². The smallest absolute Gasteiger partial charge is 0.229 e. The van der Waals surface area contributed by atoms with E-state index in [1.165, 1.54) is 49.3 Å². The van der Waals surface area contributed by atoms with E-state index in [4.69, 9.17) is 9.47 Å². The zero-order valence-corrected chi connectivity index (χ0v) is 20.6. The first kappa shape index (κ1) is 25.6. The van der Waals surface area contributed by atoms with E-state index >= 15 is 8.78 Å². The van der Waals surface area contributed by atoms with Crippen LogP contribution in [-0.2, 0) is 11.2 Å². The number of methoxy groups -OCH3 is 2. The van der Waals surface area contributed by atoms with Gasteiger partial charge in [-0.25, -0.2) is 27.5 Å². The summed E-state index contributed by atoms with van der Waals surface area (Å²) in [5.41, 5.74) is -0.0936. The zero-order chi connectivity index (χ0) is 27.8. The van der Waals surface area contributed by atoms with Crippen molar-refractivity contribution in [3.63, 3.8) is 0 Å². The lowest BCUT2D eigenvalue weighted by Gasteiger charge is -2.15. The monoisotopic (exact) mass is 537 g/mol. The fourth-order valence-electron chi connectivity index (χ4n) is 4.18. The molecule has 0 aliphatic rings. The van der Waals surface area contributed by atoms with Gasteiger partial charge in [-0.05, 0) is 23.8 Å². The van der Waals surface area contributed by atoms with Gasteiger partial charge in [0.1, 0.15) is 5.65 Å². The van der Waals surface area contributed by atoms with Crippen molar-refractivity contribution in [2.45, 2.75) is 6.42 Å². The van der Waals surface area contributed by atoms with Crippen LogP contribution < -0.4 is 14.8 Å².